The lowest BCUT2D eigenvalue weighted by Gasteiger charge is -2.24. The van der Waals surface area contributed by atoms with Gasteiger partial charge in [-0.3, -0.25) is 4.79 Å². The van der Waals surface area contributed by atoms with Crippen LogP contribution >= 0.6 is 11.6 Å². The fourth-order valence-electron chi connectivity index (χ4n) is 3.66. The number of carbonyl (C=O) groups excluding carboxylic acids is 1. The van der Waals surface area contributed by atoms with E-state index in [1.54, 1.807) is 0 Å². The molecule has 1 aromatic heterocycles. The molecule has 4 rings (SSSR count). The Morgan fingerprint density at radius 2 is 2.08 bits per heavy atom. The van der Waals surface area contributed by atoms with E-state index in [0.29, 0.717) is 0 Å². The van der Waals surface area contributed by atoms with Gasteiger partial charge < -0.3 is 15.6 Å². The Hall–Kier alpha value is -2.30. The van der Waals surface area contributed by atoms with E-state index in [1.807, 2.05) is 30.3 Å². The molecule has 2 atom stereocenters. The molecule has 0 spiro atoms. The SMILES string of the molecule is NCC(=O)N[C@@H]1c2ccccc2C[C@H]1n1ccc2cc(Cl)ccc21. The summed E-state index contributed by atoms with van der Waals surface area (Å²) in [4.78, 5) is 11.9. The minimum Gasteiger partial charge on any atom is -0.346 e. The number of halogens is 1. The lowest BCUT2D eigenvalue weighted by atomic mass is 10.1. The monoisotopic (exact) mass is 339 g/mol. The zero-order valence-electron chi connectivity index (χ0n) is 13.1. The minimum absolute atomic E-state index is 0.00653. The summed E-state index contributed by atoms with van der Waals surface area (Å²) in [7, 11) is 0. The van der Waals surface area contributed by atoms with Crippen molar-refractivity contribution in [3.05, 3.63) is 70.9 Å². The fraction of sp³-hybridized carbons (Fsp3) is 0.211. The number of rotatable bonds is 3. The number of nitrogens with zero attached hydrogens (tertiary/aromatic N) is 1. The molecule has 3 N–H and O–H groups in total. The van der Waals surface area contributed by atoms with E-state index in [1.165, 1.54) is 11.1 Å². The van der Waals surface area contributed by atoms with E-state index >= 15 is 0 Å². The zero-order chi connectivity index (χ0) is 16.7. The number of carbonyl (C=O) groups is 1. The average molecular weight is 340 g/mol. The normalized spacial score (nSPS) is 19.4. The van der Waals surface area contributed by atoms with Crippen molar-refractivity contribution in [2.45, 2.75) is 18.5 Å². The summed E-state index contributed by atoms with van der Waals surface area (Å²) in [6.45, 7) is -0.00653. The second-order valence-corrected chi connectivity index (χ2v) is 6.58. The van der Waals surface area contributed by atoms with E-state index in [0.717, 1.165) is 22.3 Å². The quantitative estimate of drug-likeness (QED) is 0.769. The molecule has 24 heavy (non-hydrogen) atoms. The molecule has 0 radical (unpaired) electrons. The molecule has 0 saturated carbocycles. The molecule has 0 fully saturated rings. The van der Waals surface area contributed by atoms with Crippen LogP contribution in [0.2, 0.25) is 5.02 Å². The molecule has 4 nitrogen and oxygen atoms in total. The summed E-state index contributed by atoms with van der Waals surface area (Å²) in [5, 5.41) is 4.91. The number of hydrogen-bond donors (Lipinski definition) is 2. The topological polar surface area (TPSA) is 60.1 Å². The number of nitrogens with two attached hydrogens (primary N) is 1. The highest BCUT2D eigenvalue weighted by Crippen LogP contribution is 2.41. The van der Waals surface area contributed by atoms with Crippen molar-refractivity contribution in [3.63, 3.8) is 0 Å². The van der Waals surface area contributed by atoms with E-state index in [4.69, 9.17) is 17.3 Å². The van der Waals surface area contributed by atoms with Gasteiger partial charge in [-0.1, -0.05) is 35.9 Å². The van der Waals surface area contributed by atoms with Gasteiger partial charge in [-0.25, -0.2) is 0 Å². The van der Waals surface area contributed by atoms with Crippen molar-refractivity contribution in [3.8, 4) is 0 Å². The Morgan fingerprint density at radius 3 is 2.92 bits per heavy atom. The van der Waals surface area contributed by atoms with Crippen molar-refractivity contribution in [2.75, 3.05) is 6.54 Å². The van der Waals surface area contributed by atoms with Gasteiger partial charge in [0, 0.05) is 22.1 Å². The van der Waals surface area contributed by atoms with Gasteiger partial charge in [0.2, 0.25) is 5.91 Å². The highest BCUT2D eigenvalue weighted by molar-refractivity contribution is 6.31. The highest BCUT2D eigenvalue weighted by Gasteiger charge is 2.34. The first-order valence-corrected chi connectivity index (χ1v) is 8.38. The van der Waals surface area contributed by atoms with Gasteiger partial charge >= 0.3 is 0 Å². The predicted molar refractivity (Wildman–Crippen MR) is 96.1 cm³/mol. The predicted octanol–water partition coefficient (Wildman–Crippen LogP) is 3.21. The number of amides is 1. The van der Waals surface area contributed by atoms with Crippen molar-refractivity contribution in [1.29, 1.82) is 0 Å². The first kappa shape index (κ1) is 15.2. The number of aromatic nitrogens is 1. The minimum atomic E-state index is -0.138. The van der Waals surface area contributed by atoms with E-state index in [9.17, 15) is 4.79 Å². The highest BCUT2D eigenvalue weighted by atomic mass is 35.5. The lowest BCUT2D eigenvalue weighted by Crippen LogP contribution is -2.36. The van der Waals surface area contributed by atoms with Crippen LogP contribution in [0.15, 0.2) is 54.7 Å². The molecule has 5 heteroatoms. The fourth-order valence-corrected chi connectivity index (χ4v) is 3.84. The van der Waals surface area contributed by atoms with Crippen molar-refractivity contribution >= 4 is 28.4 Å². The molecule has 0 aliphatic heterocycles. The summed E-state index contributed by atoms with van der Waals surface area (Å²) >= 11 is 6.10. The van der Waals surface area contributed by atoms with E-state index in [-0.39, 0.29) is 24.5 Å². The number of fused-ring (bicyclic) bond motifs is 2. The van der Waals surface area contributed by atoms with Crippen molar-refractivity contribution < 1.29 is 4.79 Å². The largest absolute Gasteiger partial charge is 0.346 e. The van der Waals surface area contributed by atoms with Crippen molar-refractivity contribution in [2.24, 2.45) is 5.73 Å². The van der Waals surface area contributed by atoms with Crippen LogP contribution in [0.25, 0.3) is 10.9 Å². The summed E-state index contributed by atoms with van der Waals surface area (Å²) < 4.78 is 2.23. The molecule has 1 amide bonds. The summed E-state index contributed by atoms with van der Waals surface area (Å²) in [6, 6.07) is 16.2. The van der Waals surface area contributed by atoms with Crippen LogP contribution < -0.4 is 11.1 Å². The van der Waals surface area contributed by atoms with Crippen LogP contribution in [0.1, 0.15) is 23.2 Å². The zero-order valence-corrected chi connectivity index (χ0v) is 13.8. The Bertz CT molecular complexity index is 918. The van der Waals surface area contributed by atoms with Crippen LogP contribution in [0.4, 0.5) is 0 Å². The van der Waals surface area contributed by atoms with Gasteiger partial charge in [0.05, 0.1) is 18.6 Å². The third-order valence-electron chi connectivity index (χ3n) is 4.75. The molecule has 0 bridgehead atoms. The Balaban J connectivity index is 1.79. The lowest BCUT2D eigenvalue weighted by molar-refractivity contribution is -0.120. The van der Waals surface area contributed by atoms with Crippen molar-refractivity contribution in [1.82, 2.24) is 9.88 Å². The molecule has 1 aliphatic carbocycles. The summed E-state index contributed by atoms with van der Waals surface area (Å²) in [6.07, 6.45) is 2.94. The van der Waals surface area contributed by atoms with Gasteiger partial charge in [0.25, 0.3) is 0 Å². The molecule has 1 aliphatic rings. The third kappa shape index (κ3) is 2.48. The Labute approximate surface area is 145 Å². The van der Waals surface area contributed by atoms with Gasteiger partial charge in [-0.2, -0.15) is 0 Å². The molecule has 3 aromatic rings. The molecular weight excluding hydrogens is 322 g/mol. The molecule has 0 unspecified atom stereocenters. The van der Waals surface area contributed by atoms with E-state index < -0.39 is 0 Å². The van der Waals surface area contributed by atoms with E-state index in [2.05, 4.69) is 34.3 Å². The van der Waals surface area contributed by atoms with Gasteiger partial charge in [-0.15, -0.1) is 0 Å². The first-order chi connectivity index (χ1) is 11.7. The van der Waals surface area contributed by atoms with Gasteiger partial charge in [0.1, 0.15) is 0 Å². The maximum absolute atomic E-state index is 11.9. The summed E-state index contributed by atoms with van der Waals surface area (Å²) in [5.41, 5.74) is 9.05. The van der Waals surface area contributed by atoms with Crippen LogP contribution in [0.3, 0.4) is 0 Å². The van der Waals surface area contributed by atoms with Crippen LogP contribution in [0, 0.1) is 0 Å². The standard InChI is InChI=1S/C19H18ClN3O/c20-14-5-6-16-13(9-14)7-8-23(16)17-10-12-3-1-2-4-15(12)19(17)22-18(24)11-21/h1-9,17,19H,10-11,21H2,(H,22,24)/t17-,19-/m1/s1. The number of benzene rings is 2. The van der Waals surface area contributed by atoms with Gasteiger partial charge in [0.15, 0.2) is 0 Å². The maximum atomic E-state index is 11.9. The molecule has 122 valence electrons. The summed E-state index contributed by atoms with van der Waals surface area (Å²) in [5.74, 6) is -0.138. The van der Waals surface area contributed by atoms with Crippen LogP contribution in [-0.4, -0.2) is 17.0 Å². The first-order valence-electron chi connectivity index (χ1n) is 8.00. The smallest absolute Gasteiger partial charge is 0.234 e. The molecular formula is C19H18ClN3O. The second-order valence-electron chi connectivity index (χ2n) is 6.15. The Kier molecular flexibility index (Phi) is 3.79. The van der Waals surface area contributed by atoms with Crippen LogP contribution in [0.5, 0.6) is 0 Å². The average Bonchev–Trinajstić information content (AvgIpc) is 3.15. The molecule has 0 saturated heterocycles. The maximum Gasteiger partial charge on any atom is 0.234 e. The Morgan fingerprint density at radius 1 is 1.25 bits per heavy atom. The van der Waals surface area contributed by atoms with Gasteiger partial charge in [-0.05, 0) is 41.8 Å². The number of hydrogen-bond acceptors (Lipinski definition) is 2. The molecule has 2 aromatic carbocycles. The third-order valence-corrected chi connectivity index (χ3v) is 4.98. The second kappa shape index (κ2) is 5.96. The molecule has 1 heterocycles. The number of nitrogens with one attached hydrogen (secondary N) is 1. The van der Waals surface area contributed by atoms with Crippen LogP contribution in [-0.2, 0) is 11.2 Å².